The number of hydrogen-bond donors (Lipinski definition) is 2. The standard InChI is InChI=1S/C22H27Cl2N3O4/c1-11-15(21(28)30-13-7-3-4-8-13)17(20-26-18(23)19(24)27-20)16(12(2)25-11)22(29)31-14-9-5-6-10-14/h13-14,17,25H,3-10H2,1-2H3,(H,26,27). The molecule has 4 rings (SSSR count). The van der Waals surface area contributed by atoms with Crippen molar-refractivity contribution < 1.29 is 19.1 Å². The van der Waals surface area contributed by atoms with E-state index >= 15 is 0 Å². The highest BCUT2D eigenvalue weighted by Gasteiger charge is 2.41. The van der Waals surface area contributed by atoms with Crippen molar-refractivity contribution in [2.75, 3.05) is 0 Å². The van der Waals surface area contributed by atoms with Crippen LogP contribution in [0.25, 0.3) is 0 Å². The lowest BCUT2D eigenvalue weighted by Crippen LogP contribution is -2.34. The van der Waals surface area contributed by atoms with Crippen molar-refractivity contribution in [2.24, 2.45) is 0 Å². The molecule has 0 bridgehead atoms. The molecular formula is C22H27Cl2N3O4. The highest BCUT2D eigenvalue weighted by Crippen LogP contribution is 2.40. The Morgan fingerprint density at radius 3 is 1.71 bits per heavy atom. The third kappa shape index (κ3) is 4.62. The molecule has 0 spiro atoms. The summed E-state index contributed by atoms with van der Waals surface area (Å²) in [5, 5.41) is 3.39. The van der Waals surface area contributed by atoms with E-state index in [0.29, 0.717) is 28.4 Å². The molecule has 2 saturated carbocycles. The Labute approximate surface area is 191 Å². The fraction of sp³-hybridized carbons (Fsp3) is 0.591. The number of aromatic amines is 1. The molecule has 1 aromatic heterocycles. The van der Waals surface area contributed by atoms with Crippen LogP contribution in [0, 0.1) is 0 Å². The van der Waals surface area contributed by atoms with E-state index in [9.17, 15) is 9.59 Å². The first-order valence-corrected chi connectivity index (χ1v) is 11.6. The van der Waals surface area contributed by atoms with Gasteiger partial charge < -0.3 is 19.8 Å². The second kappa shape index (κ2) is 9.25. The van der Waals surface area contributed by atoms with Crippen LogP contribution in [0.5, 0.6) is 0 Å². The lowest BCUT2D eigenvalue weighted by Gasteiger charge is -2.30. The SMILES string of the molecule is CC1=C(C(=O)OC2CCCC2)C(c2nc(Cl)c(Cl)[nH]2)C(C(=O)OC2CCCC2)=C(C)N1. The predicted molar refractivity (Wildman–Crippen MR) is 117 cm³/mol. The zero-order valence-electron chi connectivity index (χ0n) is 17.7. The molecule has 1 aromatic rings. The fourth-order valence-electron chi connectivity index (χ4n) is 4.73. The van der Waals surface area contributed by atoms with Crippen molar-refractivity contribution in [2.45, 2.75) is 83.3 Å². The summed E-state index contributed by atoms with van der Waals surface area (Å²) in [6, 6.07) is 0. The van der Waals surface area contributed by atoms with E-state index in [2.05, 4.69) is 15.3 Å². The van der Waals surface area contributed by atoms with Crippen LogP contribution < -0.4 is 5.32 Å². The van der Waals surface area contributed by atoms with Gasteiger partial charge in [-0.3, -0.25) is 0 Å². The molecule has 0 amide bonds. The van der Waals surface area contributed by atoms with Gasteiger partial charge in [0.1, 0.15) is 23.2 Å². The number of carbonyl (C=O) groups is 2. The quantitative estimate of drug-likeness (QED) is 0.596. The third-order valence-electron chi connectivity index (χ3n) is 6.26. The molecule has 7 nitrogen and oxygen atoms in total. The van der Waals surface area contributed by atoms with Gasteiger partial charge in [-0.2, -0.15) is 0 Å². The summed E-state index contributed by atoms with van der Waals surface area (Å²) >= 11 is 12.2. The average Bonchev–Trinajstić information content (AvgIpc) is 3.45. The van der Waals surface area contributed by atoms with Crippen LogP contribution in [0.15, 0.2) is 22.5 Å². The number of hydrogen-bond acceptors (Lipinski definition) is 6. The summed E-state index contributed by atoms with van der Waals surface area (Å²) in [5.74, 6) is -1.44. The first kappa shape index (κ1) is 22.2. The molecule has 2 aliphatic carbocycles. The minimum atomic E-state index is -0.811. The molecule has 0 saturated heterocycles. The van der Waals surface area contributed by atoms with Crippen LogP contribution in [0.3, 0.4) is 0 Å². The maximum atomic E-state index is 13.3. The number of H-pyrrole nitrogens is 1. The van der Waals surface area contributed by atoms with E-state index in [-0.39, 0.29) is 22.5 Å². The van der Waals surface area contributed by atoms with Gasteiger partial charge in [0, 0.05) is 11.4 Å². The average molecular weight is 468 g/mol. The number of nitrogens with one attached hydrogen (secondary N) is 2. The first-order chi connectivity index (χ1) is 14.8. The van der Waals surface area contributed by atoms with Gasteiger partial charge in [0.2, 0.25) is 0 Å². The fourth-order valence-corrected chi connectivity index (χ4v) is 5.01. The topological polar surface area (TPSA) is 93.3 Å². The van der Waals surface area contributed by atoms with Crippen LogP contribution >= 0.6 is 23.2 Å². The molecule has 2 fully saturated rings. The third-order valence-corrected chi connectivity index (χ3v) is 6.91. The maximum Gasteiger partial charge on any atom is 0.337 e. The molecule has 3 aliphatic rings. The number of allylic oxidation sites excluding steroid dienone is 2. The number of carbonyl (C=O) groups excluding carboxylic acids is 2. The van der Waals surface area contributed by atoms with Gasteiger partial charge in [-0.15, -0.1) is 0 Å². The lowest BCUT2D eigenvalue weighted by atomic mass is 9.84. The normalized spacial score (nSPS) is 21.0. The van der Waals surface area contributed by atoms with Gasteiger partial charge in [-0.05, 0) is 65.2 Å². The smallest absolute Gasteiger partial charge is 0.337 e. The Morgan fingerprint density at radius 2 is 1.32 bits per heavy atom. The predicted octanol–water partition coefficient (Wildman–Crippen LogP) is 4.92. The number of rotatable bonds is 5. The minimum absolute atomic E-state index is 0.0810. The van der Waals surface area contributed by atoms with Crippen LogP contribution in [-0.4, -0.2) is 34.1 Å². The van der Waals surface area contributed by atoms with Gasteiger partial charge >= 0.3 is 11.9 Å². The summed E-state index contributed by atoms with van der Waals surface area (Å²) < 4.78 is 11.6. The maximum absolute atomic E-state index is 13.3. The second-order valence-electron chi connectivity index (χ2n) is 8.49. The molecule has 0 radical (unpaired) electrons. The number of nitrogens with zero attached hydrogens (tertiary/aromatic N) is 1. The number of ether oxygens (including phenoxy) is 2. The number of dihydropyridines is 1. The van der Waals surface area contributed by atoms with Crippen molar-refractivity contribution in [3.05, 3.63) is 38.7 Å². The summed E-state index contributed by atoms with van der Waals surface area (Å²) in [7, 11) is 0. The Balaban J connectivity index is 1.70. The Hall–Kier alpha value is -1.99. The van der Waals surface area contributed by atoms with E-state index < -0.39 is 17.9 Å². The van der Waals surface area contributed by atoms with Gasteiger partial charge in [-0.25, -0.2) is 14.6 Å². The summed E-state index contributed by atoms with van der Waals surface area (Å²) in [4.78, 5) is 33.7. The van der Waals surface area contributed by atoms with Crippen molar-refractivity contribution in [3.8, 4) is 0 Å². The highest BCUT2D eigenvalue weighted by atomic mass is 35.5. The Kier molecular flexibility index (Phi) is 6.63. The van der Waals surface area contributed by atoms with Crippen molar-refractivity contribution in [1.29, 1.82) is 0 Å². The van der Waals surface area contributed by atoms with Gasteiger partial charge in [0.05, 0.1) is 17.1 Å². The van der Waals surface area contributed by atoms with Crippen molar-refractivity contribution >= 4 is 35.1 Å². The van der Waals surface area contributed by atoms with E-state index in [1.807, 2.05) is 0 Å². The molecular weight excluding hydrogens is 441 g/mol. The number of esters is 2. The van der Waals surface area contributed by atoms with Crippen LogP contribution in [0.1, 0.15) is 77.0 Å². The van der Waals surface area contributed by atoms with Gasteiger partial charge in [0.15, 0.2) is 5.15 Å². The molecule has 168 valence electrons. The zero-order chi connectivity index (χ0) is 22.1. The lowest BCUT2D eigenvalue weighted by molar-refractivity contribution is -0.145. The minimum Gasteiger partial charge on any atom is -0.459 e. The molecule has 31 heavy (non-hydrogen) atoms. The van der Waals surface area contributed by atoms with E-state index in [4.69, 9.17) is 32.7 Å². The monoisotopic (exact) mass is 467 g/mol. The largest absolute Gasteiger partial charge is 0.459 e. The second-order valence-corrected chi connectivity index (χ2v) is 9.22. The van der Waals surface area contributed by atoms with Crippen LogP contribution in [-0.2, 0) is 19.1 Å². The van der Waals surface area contributed by atoms with Gasteiger partial charge in [0.25, 0.3) is 0 Å². The summed E-state index contributed by atoms with van der Waals surface area (Å²) in [5.41, 5.74) is 1.84. The Bertz CT molecular complexity index is 869. The molecule has 9 heteroatoms. The first-order valence-electron chi connectivity index (χ1n) is 10.9. The molecule has 0 unspecified atom stereocenters. The summed E-state index contributed by atoms with van der Waals surface area (Å²) in [6.45, 7) is 3.57. The molecule has 2 heterocycles. The summed E-state index contributed by atoms with van der Waals surface area (Å²) in [6.07, 6.45) is 7.33. The van der Waals surface area contributed by atoms with Crippen molar-refractivity contribution in [3.63, 3.8) is 0 Å². The molecule has 2 N–H and O–H groups in total. The van der Waals surface area contributed by atoms with Crippen molar-refractivity contribution in [1.82, 2.24) is 15.3 Å². The van der Waals surface area contributed by atoms with E-state index in [1.54, 1.807) is 13.8 Å². The molecule has 1 aliphatic heterocycles. The van der Waals surface area contributed by atoms with Crippen LogP contribution in [0.4, 0.5) is 0 Å². The number of aromatic nitrogens is 2. The zero-order valence-corrected chi connectivity index (χ0v) is 19.2. The number of imidazole rings is 1. The highest BCUT2D eigenvalue weighted by molar-refractivity contribution is 6.40. The number of halogens is 2. The Morgan fingerprint density at radius 1 is 0.871 bits per heavy atom. The van der Waals surface area contributed by atoms with E-state index in [0.717, 1.165) is 51.4 Å². The van der Waals surface area contributed by atoms with Gasteiger partial charge in [-0.1, -0.05) is 23.2 Å². The van der Waals surface area contributed by atoms with E-state index in [1.165, 1.54) is 0 Å². The van der Waals surface area contributed by atoms with Crippen LogP contribution in [0.2, 0.25) is 10.3 Å². The molecule has 0 aromatic carbocycles. The molecule has 0 atom stereocenters.